The number of benzene rings is 1. The number of thioether (sulfide) groups is 1. The number of carbonyl (C=O) groups is 2. The molecule has 2 heterocycles. The number of nitrogens with zero attached hydrogens (tertiary/aromatic N) is 2. The van der Waals surface area contributed by atoms with Crippen LogP contribution in [0.1, 0.15) is 34.0 Å². The van der Waals surface area contributed by atoms with Gasteiger partial charge in [0, 0.05) is 16.3 Å². The van der Waals surface area contributed by atoms with E-state index in [4.69, 9.17) is 11.6 Å². The Hall–Kier alpha value is -2.29. The molecule has 29 heavy (non-hydrogen) atoms. The van der Waals surface area contributed by atoms with E-state index in [1.54, 1.807) is 29.8 Å². The van der Waals surface area contributed by atoms with E-state index in [1.807, 2.05) is 37.6 Å². The quantitative estimate of drug-likeness (QED) is 0.496. The number of nitrogens with one attached hydrogen (secondary N) is 2. The molecule has 6 nitrogen and oxygen atoms in total. The second-order valence-corrected chi connectivity index (χ2v) is 8.68. The molecule has 0 fully saturated rings. The van der Waals surface area contributed by atoms with Crippen LogP contribution in [0.4, 0.5) is 11.4 Å². The predicted octanol–water partition coefficient (Wildman–Crippen LogP) is 5.39. The van der Waals surface area contributed by atoms with Crippen molar-refractivity contribution in [3.05, 3.63) is 57.0 Å². The Morgan fingerprint density at radius 1 is 1.21 bits per heavy atom. The molecule has 2 N–H and O–H groups in total. The van der Waals surface area contributed by atoms with Crippen LogP contribution < -0.4 is 10.6 Å². The number of rotatable bonds is 6. The normalized spacial score (nSPS) is 11.9. The van der Waals surface area contributed by atoms with Crippen LogP contribution in [0, 0.1) is 13.8 Å². The number of hydrogen-bond acceptors (Lipinski definition) is 5. The lowest BCUT2D eigenvalue weighted by atomic mass is 10.2. The molecule has 152 valence electrons. The van der Waals surface area contributed by atoms with Crippen molar-refractivity contribution in [1.29, 1.82) is 0 Å². The summed E-state index contributed by atoms with van der Waals surface area (Å²) in [5, 5.41) is 12.3. The smallest absolute Gasteiger partial charge is 0.266 e. The summed E-state index contributed by atoms with van der Waals surface area (Å²) < 4.78 is 1.68. The average molecular weight is 449 g/mol. The van der Waals surface area contributed by atoms with E-state index in [2.05, 4.69) is 15.7 Å². The molecule has 1 unspecified atom stereocenters. The van der Waals surface area contributed by atoms with Crippen LogP contribution in [0.15, 0.2) is 40.6 Å². The van der Waals surface area contributed by atoms with Crippen LogP contribution in [0.2, 0.25) is 5.02 Å². The van der Waals surface area contributed by atoms with E-state index in [0.29, 0.717) is 21.3 Å². The zero-order valence-corrected chi connectivity index (χ0v) is 18.8. The average Bonchev–Trinajstić information content (AvgIpc) is 3.29. The Labute approximate surface area is 182 Å². The predicted molar refractivity (Wildman–Crippen MR) is 121 cm³/mol. The molecule has 2 aromatic heterocycles. The largest absolute Gasteiger partial charge is 0.323 e. The zero-order valence-electron chi connectivity index (χ0n) is 16.4. The summed E-state index contributed by atoms with van der Waals surface area (Å²) >= 11 is 9.25. The molecule has 0 aliphatic heterocycles. The molecular formula is C20H21ClN4O2S2. The first kappa shape index (κ1) is 21.4. The molecule has 0 aliphatic carbocycles. The summed E-state index contributed by atoms with van der Waals surface area (Å²) in [4.78, 5) is 26.7. The van der Waals surface area contributed by atoms with E-state index in [9.17, 15) is 9.59 Å². The van der Waals surface area contributed by atoms with Gasteiger partial charge < -0.3 is 10.6 Å². The van der Waals surface area contributed by atoms with Crippen molar-refractivity contribution >= 4 is 57.9 Å². The van der Waals surface area contributed by atoms with Gasteiger partial charge in [-0.1, -0.05) is 11.6 Å². The highest BCUT2D eigenvalue weighted by Crippen LogP contribution is 2.29. The fourth-order valence-corrected chi connectivity index (χ4v) is 4.77. The minimum absolute atomic E-state index is 0.185. The number of aryl methyl sites for hydroxylation is 2. The van der Waals surface area contributed by atoms with Crippen LogP contribution in [0.5, 0.6) is 0 Å². The summed E-state index contributed by atoms with van der Waals surface area (Å²) in [5.41, 5.74) is 2.80. The summed E-state index contributed by atoms with van der Waals surface area (Å²) in [6.07, 6.45) is 1.93. The van der Waals surface area contributed by atoms with Crippen molar-refractivity contribution in [2.45, 2.75) is 31.7 Å². The Balaban J connectivity index is 1.70. The molecule has 0 saturated carbocycles. The zero-order chi connectivity index (χ0) is 21.1. The van der Waals surface area contributed by atoms with Gasteiger partial charge in [0.2, 0.25) is 5.91 Å². The van der Waals surface area contributed by atoms with E-state index in [1.165, 1.54) is 23.1 Å². The first-order chi connectivity index (χ1) is 13.8. The van der Waals surface area contributed by atoms with Crippen LogP contribution in [0.25, 0.3) is 0 Å². The van der Waals surface area contributed by atoms with Gasteiger partial charge in [0.15, 0.2) is 0 Å². The van der Waals surface area contributed by atoms with Gasteiger partial charge in [-0.3, -0.25) is 14.3 Å². The Morgan fingerprint density at radius 3 is 2.59 bits per heavy atom. The molecule has 3 rings (SSSR count). The van der Waals surface area contributed by atoms with Crippen molar-refractivity contribution in [2.75, 3.05) is 16.9 Å². The van der Waals surface area contributed by atoms with E-state index in [-0.39, 0.29) is 11.8 Å². The van der Waals surface area contributed by atoms with Crippen LogP contribution in [-0.4, -0.2) is 27.9 Å². The van der Waals surface area contributed by atoms with Crippen molar-refractivity contribution < 1.29 is 9.59 Å². The van der Waals surface area contributed by atoms with E-state index in [0.717, 1.165) is 16.3 Å². The Bertz CT molecular complexity index is 1060. The lowest BCUT2D eigenvalue weighted by Crippen LogP contribution is -2.25. The molecule has 1 aromatic carbocycles. The van der Waals surface area contributed by atoms with Gasteiger partial charge in [-0.15, -0.1) is 23.1 Å². The van der Waals surface area contributed by atoms with Gasteiger partial charge in [-0.05, 0) is 62.7 Å². The molecule has 0 bridgehead atoms. The molecule has 1 atom stereocenters. The lowest BCUT2D eigenvalue weighted by Gasteiger charge is -2.16. The summed E-state index contributed by atoms with van der Waals surface area (Å²) in [5.74, 6) is -0.409. The summed E-state index contributed by atoms with van der Waals surface area (Å²) in [6, 6.07) is 8.36. The highest BCUT2D eigenvalue weighted by Gasteiger charge is 2.19. The van der Waals surface area contributed by atoms with Gasteiger partial charge >= 0.3 is 0 Å². The van der Waals surface area contributed by atoms with Crippen molar-refractivity contribution in [2.24, 2.45) is 0 Å². The molecule has 0 saturated heterocycles. The maximum Gasteiger partial charge on any atom is 0.266 e. The van der Waals surface area contributed by atoms with E-state index >= 15 is 0 Å². The first-order valence-corrected chi connectivity index (χ1v) is 11.3. The number of aromatic nitrogens is 2. The second-order valence-electron chi connectivity index (χ2n) is 6.50. The third kappa shape index (κ3) is 4.83. The highest BCUT2D eigenvalue weighted by molar-refractivity contribution is 7.98. The van der Waals surface area contributed by atoms with Crippen molar-refractivity contribution in [1.82, 2.24) is 9.78 Å². The number of carbonyl (C=O) groups excluding carboxylic acids is 2. The van der Waals surface area contributed by atoms with Gasteiger partial charge in [0.05, 0.1) is 16.4 Å². The van der Waals surface area contributed by atoms with Crippen LogP contribution >= 0.6 is 34.7 Å². The van der Waals surface area contributed by atoms with Gasteiger partial charge in [-0.25, -0.2) is 0 Å². The molecule has 3 aromatic rings. The first-order valence-electron chi connectivity index (χ1n) is 8.86. The van der Waals surface area contributed by atoms with Gasteiger partial charge in [-0.2, -0.15) is 5.10 Å². The van der Waals surface area contributed by atoms with E-state index < -0.39 is 6.04 Å². The van der Waals surface area contributed by atoms with Crippen molar-refractivity contribution in [3.63, 3.8) is 0 Å². The maximum atomic E-state index is 12.6. The third-order valence-corrected chi connectivity index (χ3v) is 6.47. The number of thiophene rings is 1. The standard InChI is InChI=1S/C20H21ClN4O2S2/c1-11-9-12(2)25(24-11)13(3)19(26)23-16-6-5-14(10-15(16)21)22-20(27)18-17(28-4)7-8-29-18/h5-10,13H,1-4H3,(H,22,27)(H,23,26). The number of amides is 2. The molecule has 9 heteroatoms. The number of halogens is 1. The second kappa shape index (κ2) is 9.02. The molecular weight excluding hydrogens is 428 g/mol. The van der Waals surface area contributed by atoms with Gasteiger partial charge in [0.25, 0.3) is 5.91 Å². The monoisotopic (exact) mass is 448 g/mol. The molecule has 2 amide bonds. The fraction of sp³-hybridized carbons (Fsp3) is 0.250. The van der Waals surface area contributed by atoms with Gasteiger partial charge in [0.1, 0.15) is 10.9 Å². The fourth-order valence-electron chi connectivity index (χ4n) is 2.89. The molecule has 0 radical (unpaired) electrons. The van der Waals surface area contributed by atoms with Crippen LogP contribution in [0.3, 0.4) is 0 Å². The minimum Gasteiger partial charge on any atom is -0.323 e. The topological polar surface area (TPSA) is 76.0 Å². The Kier molecular flexibility index (Phi) is 6.66. The molecule has 0 spiro atoms. The highest BCUT2D eigenvalue weighted by atomic mass is 35.5. The lowest BCUT2D eigenvalue weighted by molar-refractivity contribution is -0.119. The summed E-state index contributed by atoms with van der Waals surface area (Å²) in [7, 11) is 0. The molecule has 0 aliphatic rings. The number of anilines is 2. The third-order valence-electron chi connectivity index (χ3n) is 4.33. The van der Waals surface area contributed by atoms with Crippen molar-refractivity contribution in [3.8, 4) is 0 Å². The SMILES string of the molecule is CSc1ccsc1C(=O)Nc1ccc(NC(=O)C(C)n2nc(C)cc2C)c(Cl)c1. The summed E-state index contributed by atoms with van der Waals surface area (Å²) in [6.45, 7) is 5.57. The Morgan fingerprint density at radius 2 is 1.97 bits per heavy atom. The van der Waals surface area contributed by atoms with Crippen LogP contribution in [-0.2, 0) is 4.79 Å². The minimum atomic E-state index is -0.483. The number of hydrogen-bond donors (Lipinski definition) is 2. The maximum absolute atomic E-state index is 12.6.